The summed E-state index contributed by atoms with van der Waals surface area (Å²) in [6, 6.07) is 17.6. The van der Waals surface area contributed by atoms with Gasteiger partial charge in [0.25, 0.3) is 0 Å². The maximum atomic E-state index is 6.01. The second-order valence-corrected chi connectivity index (χ2v) is 8.02. The predicted molar refractivity (Wildman–Crippen MR) is 124 cm³/mol. The molecule has 0 aliphatic carbocycles. The smallest absolute Gasteiger partial charge is 0.0570 e. The molecule has 1 unspecified atom stereocenters. The van der Waals surface area contributed by atoms with Gasteiger partial charge in [0.2, 0.25) is 0 Å². The predicted octanol–water partition coefficient (Wildman–Crippen LogP) is 5.45. The van der Waals surface area contributed by atoms with Crippen molar-refractivity contribution in [1.29, 1.82) is 0 Å². The third-order valence-electron chi connectivity index (χ3n) is 5.65. The second kappa shape index (κ2) is 9.20. The van der Waals surface area contributed by atoms with Crippen molar-refractivity contribution in [3.8, 4) is 0 Å². The summed E-state index contributed by atoms with van der Waals surface area (Å²) in [6.07, 6.45) is 5.60. The van der Waals surface area contributed by atoms with E-state index in [0.29, 0.717) is 0 Å². The molecule has 0 saturated carbocycles. The average molecular weight is 391 g/mol. The lowest BCUT2D eigenvalue weighted by atomic mass is 9.89. The van der Waals surface area contributed by atoms with Crippen molar-refractivity contribution in [3.05, 3.63) is 89.1 Å². The van der Waals surface area contributed by atoms with Crippen LogP contribution in [-0.2, 0) is 12.8 Å². The summed E-state index contributed by atoms with van der Waals surface area (Å²) >= 11 is 5.64. The van der Waals surface area contributed by atoms with Crippen LogP contribution in [0.5, 0.6) is 0 Å². The number of piperidine rings is 1. The zero-order chi connectivity index (χ0) is 20.1. The van der Waals surface area contributed by atoms with Crippen LogP contribution in [0.15, 0.2) is 66.9 Å². The molecule has 1 aliphatic rings. The minimum absolute atomic E-state index is 0.171. The van der Waals surface area contributed by atoms with E-state index >= 15 is 0 Å². The van der Waals surface area contributed by atoms with Gasteiger partial charge in [0.1, 0.15) is 0 Å². The maximum absolute atomic E-state index is 6.01. The summed E-state index contributed by atoms with van der Waals surface area (Å²) in [5.41, 5.74) is 13.3. The fraction of sp³-hybridized carbons (Fsp3) is 0.320. The van der Waals surface area contributed by atoms with Crippen molar-refractivity contribution in [3.63, 3.8) is 0 Å². The molecule has 1 aliphatic heterocycles. The van der Waals surface area contributed by atoms with Gasteiger partial charge in [-0.3, -0.25) is 0 Å². The second-order valence-electron chi connectivity index (χ2n) is 7.53. The molecule has 0 bridgehead atoms. The minimum Gasteiger partial charge on any atom is -0.404 e. The highest BCUT2D eigenvalue weighted by Crippen LogP contribution is 2.31. The third kappa shape index (κ3) is 4.53. The number of hydrogen-bond donors (Lipinski definition) is 1. The third-order valence-corrected chi connectivity index (χ3v) is 6.09. The van der Waals surface area contributed by atoms with Gasteiger partial charge in [-0.15, -0.1) is 0 Å². The molecule has 0 radical (unpaired) electrons. The van der Waals surface area contributed by atoms with Crippen LogP contribution in [-0.4, -0.2) is 22.4 Å². The molecule has 3 rings (SSSR count). The van der Waals surface area contributed by atoms with E-state index in [1.807, 2.05) is 0 Å². The molecule has 0 amide bonds. The Labute approximate surface area is 174 Å². The lowest BCUT2D eigenvalue weighted by Gasteiger charge is -2.41. The molecule has 1 heterocycles. The molecule has 1 fully saturated rings. The lowest BCUT2D eigenvalue weighted by molar-refractivity contribution is 0.314. The Balaban J connectivity index is 1.82. The highest BCUT2D eigenvalue weighted by Gasteiger charge is 2.30. The van der Waals surface area contributed by atoms with E-state index in [2.05, 4.69) is 73.9 Å². The van der Waals surface area contributed by atoms with Crippen LogP contribution in [0.25, 0.3) is 5.70 Å². The molecule has 2 aromatic rings. The Morgan fingerprint density at radius 3 is 2.57 bits per heavy atom. The minimum atomic E-state index is 0.171. The van der Waals surface area contributed by atoms with E-state index in [1.165, 1.54) is 22.3 Å². The molecular formula is C25H30N2S. The first-order valence-corrected chi connectivity index (χ1v) is 10.5. The Kier molecular flexibility index (Phi) is 6.69. The highest BCUT2D eigenvalue weighted by molar-refractivity contribution is 7.80. The summed E-state index contributed by atoms with van der Waals surface area (Å²) in [4.78, 5) is 3.38. The Morgan fingerprint density at radius 2 is 1.93 bits per heavy atom. The number of nitrogens with zero attached hydrogens (tertiary/aromatic N) is 1. The first-order valence-electron chi connectivity index (χ1n) is 10.1. The van der Waals surface area contributed by atoms with Gasteiger partial charge in [-0.2, -0.15) is 0 Å². The molecule has 146 valence electrons. The van der Waals surface area contributed by atoms with Crippen LogP contribution in [0, 0.1) is 6.92 Å². The monoisotopic (exact) mass is 390 g/mol. The average Bonchev–Trinajstić information content (AvgIpc) is 2.72. The Hall–Kier alpha value is -2.39. The van der Waals surface area contributed by atoms with E-state index in [4.69, 9.17) is 18.0 Å². The first kappa shape index (κ1) is 20.3. The van der Waals surface area contributed by atoms with Crippen LogP contribution in [0.3, 0.4) is 0 Å². The van der Waals surface area contributed by atoms with Gasteiger partial charge in [-0.05, 0) is 48.9 Å². The van der Waals surface area contributed by atoms with Crippen LogP contribution < -0.4 is 5.73 Å². The lowest BCUT2D eigenvalue weighted by Crippen LogP contribution is -2.43. The fourth-order valence-corrected chi connectivity index (χ4v) is 4.25. The van der Waals surface area contributed by atoms with Crippen LogP contribution >= 0.6 is 12.2 Å². The topological polar surface area (TPSA) is 29.3 Å². The molecule has 2 aromatic carbocycles. The molecule has 3 heteroatoms. The SMILES string of the molecule is C=C(c1cccc(C)c1)N1CCC(=S)C(=CN)C1CCc1ccc(CC)cc1. The van der Waals surface area contributed by atoms with Crippen LogP contribution in [0.4, 0.5) is 0 Å². The molecule has 28 heavy (non-hydrogen) atoms. The van der Waals surface area contributed by atoms with Gasteiger partial charge >= 0.3 is 0 Å². The van der Waals surface area contributed by atoms with E-state index in [1.54, 1.807) is 6.20 Å². The molecule has 0 aromatic heterocycles. The van der Waals surface area contributed by atoms with Gasteiger partial charge in [0.15, 0.2) is 0 Å². The van der Waals surface area contributed by atoms with E-state index in [-0.39, 0.29) is 6.04 Å². The molecule has 1 saturated heterocycles. The molecule has 0 spiro atoms. The molecule has 2 N–H and O–H groups in total. The Bertz CT molecular complexity index is 880. The fourth-order valence-electron chi connectivity index (χ4n) is 3.95. The van der Waals surface area contributed by atoms with Gasteiger partial charge in [0, 0.05) is 35.3 Å². The first-order chi connectivity index (χ1) is 13.5. The number of thiocarbonyl (C=S) groups is 1. The number of likely N-dealkylation sites (tertiary alicyclic amines) is 1. The number of hydrogen-bond acceptors (Lipinski definition) is 3. The summed E-state index contributed by atoms with van der Waals surface area (Å²) in [5, 5.41) is 0. The highest BCUT2D eigenvalue weighted by atomic mass is 32.1. The van der Waals surface area contributed by atoms with Crippen molar-refractivity contribution in [2.75, 3.05) is 6.54 Å². The van der Waals surface area contributed by atoms with Gasteiger partial charge in [-0.1, -0.05) is 73.7 Å². The van der Waals surface area contributed by atoms with E-state index in [0.717, 1.165) is 48.4 Å². The van der Waals surface area contributed by atoms with Crippen molar-refractivity contribution >= 4 is 22.8 Å². The van der Waals surface area contributed by atoms with E-state index < -0.39 is 0 Å². The van der Waals surface area contributed by atoms with Crippen molar-refractivity contribution in [1.82, 2.24) is 4.90 Å². The molecular weight excluding hydrogens is 360 g/mol. The standard InChI is InChI=1S/C25H30N2S/c1-4-20-8-10-21(11-9-20)12-13-24-23(17-26)25(28)14-15-27(24)19(3)22-7-5-6-18(2)16-22/h5-11,16-17,24H,3-4,12-15,26H2,1-2H3. The van der Waals surface area contributed by atoms with Crippen molar-refractivity contribution in [2.45, 2.75) is 45.6 Å². The molecule has 1 atom stereocenters. The zero-order valence-corrected chi connectivity index (χ0v) is 17.8. The maximum Gasteiger partial charge on any atom is 0.0570 e. The van der Waals surface area contributed by atoms with Crippen molar-refractivity contribution in [2.24, 2.45) is 5.73 Å². The summed E-state index contributed by atoms with van der Waals surface area (Å²) < 4.78 is 0. The van der Waals surface area contributed by atoms with Gasteiger partial charge in [0.05, 0.1) is 6.04 Å². The molecule has 2 nitrogen and oxygen atoms in total. The summed E-state index contributed by atoms with van der Waals surface area (Å²) in [6.45, 7) is 9.62. The van der Waals surface area contributed by atoms with Crippen molar-refractivity contribution < 1.29 is 0 Å². The number of aryl methyl sites for hydroxylation is 3. The number of rotatable bonds is 6. The summed E-state index contributed by atoms with van der Waals surface area (Å²) in [5.74, 6) is 0. The number of nitrogens with two attached hydrogens (primary N) is 1. The van der Waals surface area contributed by atoms with E-state index in [9.17, 15) is 0 Å². The largest absolute Gasteiger partial charge is 0.404 e. The quantitative estimate of drug-likeness (QED) is 0.525. The summed E-state index contributed by atoms with van der Waals surface area (Å²) in [7, 11) is 0. The zero-order valence-electron chi connectivity index (χ0n) is 16.9. The van der Waals surface area contributed by atoms with Gasteiger partial charge < -0.3 is 10.6 Å². The normalized spacial score (nSPS) is 18.5. The van der Waals surface area contributed by atoms with Crippen LogP contribution in [0.1, 0.15) is 42.0 Å². The Morgan fingerprint density at radius 1 is 1.21 bits per heavy atom. The number of benzene rings is 2. The van der Waals surface area contributed by atoms with Crippen LogP contribution in [0.2, 0.25) is 0 Å². The van der Waals surface area contributed by atoms with Gasteiger partial charge in [-0.25, -0.2) is 0 Å².